The molecule has 1 aliphatic heterocycles. The smallest absolute Gasteiger partial charge is 0.335 e. The van der Waals surface area contributed by atoms with Gasteiger partial charge >= 0.3 is 5.97 Å². The number of nitrogens with zero attached hydrogens (tertiary/aromatic N) is 1. The Bertz CT molecular complexity index is 481. The fourth-order valence-electron chi connectivity index (χ4n) is 1.95. The lowest BCUT2D eigenvalue weighted by Crippen LogP contribution is -2.24. The van der Waals surface area contributed by atoms with Crippen molar-refractivity contribution in [1.29, 1.82) is 0 Å². The first-order valence-corrected chi connectivity index (χ1v) is 5.38. The van der Waals surface area contributed by atoms with Crippen molar-refractivity contribution < 1.29 is 14.7 Å². The van der Waals surface area contributed by atoms with Crippen molar-refractivity contribution in [2.75, 3.05) is 11.4 Å². The zero-order chi connectivity index (χ0) is 12.4. The number of carboxylic acids is 1. The van der Waals surface area contributed by atoms with Crippen molar-refractivity contribution in [3.8, 4) is 0 Å². The highest BCUT2D eigenvalue weighted by Crippen LogP contribution is 2.26. The second-order valence-corrected chi connectivity index (χ2v) is 4.06. The van der Waals surface area contributed by atoms with Crippen molar-refractivity contribution in [3.05, 3.63) is 42.5 Å². The molecule has 88 valence electrons. The Morgan fingerprint density at radius 2 is 2.29 bits per heavy atom. The van der Waals surface area contributed by atoms with Crippen LogP contribution >= 0.6 is 0 Å². The first kappa shape index (κ1) is 11.4. The molecule has 1 atom stereocenters. The molecule has 1 aromatic rings. The SMILES string of the molecule is C=CC1CC(=O)N(c2cccc(C(=O)O)c2)C1. The summed E-state index contributed by atoms with van der Waals surface area (Å²) >= 11 is 0. The number of rotatable bonds is 3. The second-order valence-electron chi connectivity index (χ2n) is 4.06. The molecule has 2 rings (SSSR count). The lowest BCUT2D eigenvalue weighted by molar-refractivity contribution is -0.117. The molecule has 1 aromatic carbocycles. The molecule has 0 aliphatic carbocycles. The number of aromatic carboxylic acids is 1. The van der Waals surface area contributed by atoms with Crippen molar-refractivity contribution in [3.63, 3.8) is 0 Å². The van der Waals surface area contributed by atoms with E-state index in [1.165, 1.54) is 12.1 Å². The Hall–Kier alpha value is -2.10. The van der Waals surface area contributed by atoms with E-state index in [2.05, 4.69) is 6.58 Å². The van der Waals surface area contributed by atoms with Crippen molar-refractivity contribution in [1.82, 2.24) is 0 Å². The van der Waals surface area contributed by atoms with Gasteiger partial charge in [0.15, 0.2) is 0 Å². The maximum absolute atomic E-state index is 11.8. The average molecular weight is 231 g/mol. The summed E-state index contributed by atoms with van der Waals surface area (Å²) in [6, 6.07) is 6.42. The summed E-state index contributed by atoms with van der Waals surface area (Å²) in [7, 11) is 0. The van der Waals surface area contributed by atoms with Crippen LogP contribution in [0.2, 0.25) is 0 Å². The highest BCUT2D eigenvalue weighted by Gasteiger charge is 2.28. The lowest BCUT2D eigenvalue weighted by atomic mass is 10.1. The molecule has 1 N–H and O–H groups in total. The minimum Gasteiger partial charge on any atom is -0.478 e. The summed E-state index contributed by atoms with van der Waals surface area (Å²) in [5.74, 6) is -0.827. The van der Waals surface area contributed by atoms with E-state index in [9.17, 15) is 9.59 Å². The monoisotopic (exact) mass is 231 g/mol. The highest BCUT2D eigenvalue weighted by atomic mass is 16.4. The molecule has 0 radical (unpaired) electrons. The quantitative estimate of drug-likeness (QED) is 0.808. The molecule has 1 amide bonds. The molecular weight excluding hydrogens is 218 g/mol. The van der Waals surface area contributed by atoms with Gasteiger partial charge in [-0.05, 0) is 18.2 Å². The van der Waals surface area contributed by atoms with Gasteiger partial charge in [0.05, 0.1) is 5.56 Å². The molecular formula is C13H13NO3. The topological polar surface area (TPSA) is 57.6 Å². The van der Waals surface area contributed by atoms with Crippen LogP contribution in [0.4, 0.5) is 5.69 Å². The van der Waals surface area contributed by atoms with E-state index < -0.39 is 5.97 Å². The Morgan fingerprint density at radius 3 is 2.88 bits per heavy atom. The molecule has 0 aromatic heterocycles. The standard InChI is InChI=1S/C13H13NO3/c1-2-9-6-12(15)14(8-9)11-5-3-4-10(7-11)13(16)17/h2-5,7,9H,1,6,8H2,(H,16,17). The van der Waals surface area contributed by atoms with Crippen LogP contribution in [0.25, 0.3) is 0 Å². The van der Waals surface area contributed by atoms with Crippen LogP contribution < -0.4 is 4.90 Å². The summed E-state index contributed by atoms with van der Waals surface area (Å²) in [4.78, 5) is 24.2. The molecule has 0 saturated carbocycles. The van der Waals surface area contributed by atoms with Crippen molar-refractivity contribution >= 4 is 17.6 Å². The summed E-state index contributed by atoms with van der Waals surface area (Å²) in [5, 5.41) is 8.90. The van der Waals surface area contributed by atoms with Crippen LogP contribution in [-0.2, 0) is 4.79 Å². The first-order valence-electron chi connectivity index (χ1n) is 5.38. The number of hydrogen-bond donors (Lipinski definition) is 1. The molecule has 1 saturated heterocycles. The van der Waals surface area contributed by atoms with E-state index in [0.29, 0.717) is 18.7 Å². The summed E-state index contributed by atoms with van der Waals surface area (Å²) < 4.78 is 0. The molecule has 0 spiro atoms. The Morgan fingerprint density at radius 1 is 1.53 bits per heavy atom. The van der Waals surface area contributed by atoms with Crippen LogP contribution in [0.3, 0.4) is 0 Å². The normalized spacial score (nSPS) is 19.4. The Labute approximate surface area is 99.2 Å². The lowest BCUT2D eigenvalue weighted by Gasteiger charge is -2.16. The zero-order valence-corrected chi connectivity index (χ0v) is 9.30. The predicted molar refractivity (Wildman–Crippen MR) is 64.1 cm³/mol. The number of carbonyl (C=O) groups is 2. The summed E-state index contributed by atoms with van der Waals surface area (Å²) in [5.41, 5.74) is 0.830. The van der Waals surface area contributed by atoms with Gasteiger partial charge in [-0.1, -0.05) is 12.1 Å². The molecule has 1 aliphatic rings. The Balaban J connectivity index is 2.28. The van der Waals surface area contributed by atoms with E-state index in [1.54, 1.807) is 23.1 Å². The van der Waals surface area contributed by atoms with Crippen LogP contribution in [0, 0.1) is 5.92 Å². The zero-order valence-electron chi connectivity index (χ0n) is 9.30. The van der Waals surface area contributed by atoms with E-state index in [-0.39, 0.29) is 17.4 Å². The van der Waals surface area contributed by atoms with E-state index in [0.717, 1.165) is 0 Å². The van der Waals surface area contributed by atoms with Crippen LogP contribution in [0.15, 0.2) is 36.9 Å². The number of amides is 1. The molecule has 1 unspecified atom stereocenters. The van der Waals surface area contributed by atoms with Gasteiger partial charge in [-0.2, -0.15) is 0 Å². The van der Waals surface area contributed by atoms with Gasteiger partial charge in [-0.15, -0.1) is 6.58 Å². The minimum atomic E-state index is -0.987. The maximum atomic E-state index is 11.8. The van der Waals surface area contributed by atoms with Crippen LogP contribution in [-0.4, -0.2) is 23.5 Å². The van der Waals surface area contributed by atoms with Crippen LogP contribution in [0.1, 0.15) is 16.8 Å². The number of carboxylic acid groups (broad SMARTS) is 1. The van der Waals surface area contributed by atoms with Gasteiger partial charge in [0.2, 0.25) is 5.91 Å². The third-order valence-corrected chi connectivity index (χ3v) is 2.89. The molecule has 1 fully saturated rings. The summed E-state index contributed by atoms with van der Waals surface area (Å²) in [6.07, 6.45) is 2.21. The molecule has 0 bridgehead atoms. The molecule has 17 heavy (non-hydrogen) atoms. The fourth-order valence-corrected chi connectivity index (χ4v) is 1.95. The third kappa shape index (κ3) is 2.20. The molecule has 4 nitrogen and oxygen atoms in total. The number of anilines is 1. The van der Waals surface area contributed by atoms with Gasteiger partial charge in [-0.25, -0.2) is 4.79 Å². The van der Waals surface area contributed by atoms with Gasteiger partial charge in [-0.3, -0.25) is 4.79 Å². The Kier molecular flexibility index (Phi) is 2.95. The summed E-state index contributed by atoms with van der Waals surface area (Å²) in [6.45, 7) is 4.25. The largest absolute Gasteiger partial charge is 0.478 e. The highest BCUT2D eigenvalue weighted by molar-refractivity contribution is 5.97. The maximum Gasteiger partial charge on any atom is 0.335 e. The predicted octanol–water partition coefficient (Wildman–Crippen LogP) is 1.92. The third-order valence-electron chi connectivity index (χ3n) is 2.89. The van der Waals surface area contributed by atoms with Gasteiger partial charge in [0.25, 0.3) is 0 Å². The first-order chi connectivity index (χ1) is 8.11. The van der Waals surface area contributed by atoms with Crippen LogP contribution in [0.5, 0.6) is 0 Å². The van der Waals surface area contributed by atoms with Crippen molar-refractivity contribution in [2.24, 2.45) is 5.92 Å². The van der Waals surface area contributed by atoms with Gasteiger partial charge in [0, 0.05) is 24.6 Å². The van der Waals surface area contributed by atoms with E-state index in [1.807, 2.05) is 0 Å². The van der Waals surface area contributed by atoms with E-state index in [4.69, 9.17) is 5.11 Å². The number of hydrogen-bond acceptors (Lipinski definition) is 2. The fraction of sp³-hybridized carbons (Fsp3) is 0.231. The number of carbonyl (C=O) groups excluding carboxylic acids is 1. The van der Waals surface area contributed by atoms with Gasteiger partial charge < -0.3 is 10.0 Å². The van der Waals surface area contributed by atoms with Gasteiger partial charge in [0.1, 0.15) is 0 Å². The van der Waals surface area contributed by atoms with Crippen molar-refractivity contribution in [2.45, 2.75) is 6.42 Å². The molecule has 1 heterocycles. The number of benzene rings is 1. The molecule has 4 heteroatoms. The van der Waals surface area contributed by atoms with E-state index >= 15 is 0 Å². The minimum absolute atomic E-state index is 0.0115. The second kappa shape index (κ2) is 4.41. The average Bonchev–Trinajstić information content (AvgIpc) is 2.71.